The minimum absolute atomic E-state index is 0.0796. The number of cyclic esters (lactones) is 1. The van der Waals surface area contributed by atoms with Crippen LogP contribution in [0.3, 0.4) is 0 Å². The second-order valence-electron chi connectivity index (χ2n) is 10.6. The van der Waals surface area contributed by atoms with Gasteiger partial charge in [0.05, 0.1) is 29.2 Å². The smallest absolute Gasteiger partial charge is 0.311 e. The van der Waals surface area contributed by atoms with E-state index in [0.717, 1.165) is 19.3 Å². The molecular weight excluding hydrogens is 452 g/mol. The summed E-state index contributed by atoms with van der Waals surface area (Å²) in [7, 11) is 0. The molecule has 4 aliphatic rings. The lowest BCUT2D eigenvalue weighted by molar-refractivity contribution is -0.153. The van der Waals surface area contributed by atoms with Gasteiger partial charge >= 0.3 is 5.97 Å². The number of carbonyl (C=O) groups is 3. The highest BCUT2D eigenvalue weighted by Gasteiger charge is 2.74. The molecule has 188 valence electrons. The van der Waals surface area contributed by atoms with Crippen LogP contribution in [0.4, 0.5) is 0 Å². The predicted molar refractivity (Wildman–Crippen MR) is 132 cm³/mol. The SMILES string of the molecule is CCCCCN1CC=C[C@]23S[C@]4(C)C=CCOC(=O)[C@@H]4[C@H]2C(=O)N([C@@H](CO)CC(C)C)C3C1=O. The summed E-state index contributed by atoms with van der Waals surface area (Å²) in [5.41, 5.74) is 0. The number of fused-ring (bicyclic) bond motifs is 2. The lowest BCUT2D eigenvalue weighted by Gasteiger charge is -2.40. The first-order valence-electron chi connectivity index (χ1n) is 12.6. The van der Waals surface area contributed by atoms with Crippen LogP contribution in [0, 0.1) is 17.8 Å². The van der Waals surface area contributed by atoms with Crippen LogP contribution in [0.1, 0.15) is 53.4 Å². The molecule has 0 saturated carbocycles. The third-order valence-electron chi connectivity index (χ3n) is 7.71. The van der Waals surface area contributed by atoms with Gasteiger partial charge < -0.3 is 19.6 Å². The number of likely N-dealkylation sites (tertiary alicyclic amines) is 1. The summed E-state index contributed by atoms with van der Waals surface area (Å²) < 4.78 is 3.94. The van der Waals surface area contributed by atoms with Crippen molar-refractivity contribution in [2.45, 2.75) is 75.0 Å². The predicted octanol–water partition coefficient (Wildman–Crippen LogP) is 2.78. The fourth-order valence-corrected chi connectivity index (χ4v) is 8.45. The molecule has 0 bridgehead atoms. The van der Waals surface area contributed by atoms with E-state index in [-0.39, 0.29) is 36.9 Å². The zero-order valence-electron chi connectivity index (χ0n) is 20.7. The molecule has 4 aliphatic heterocycles. The average molecular weight is 491 g/mol. The van der Waals surface area contributed by atoms with Crippen molar-refractivity contribution in [1.82, 2.24) is 9.80 Å². The highest BCUT2D eigenvalue weighted by atomic mass is 32.2. The number of hydrogen-bond acceptors (Lipinski definition) is 6. The van der Waals surface area contributed by atoms with E-state index in [9.17, 15) is 19.5 Å². The number of amides is 2. The molecule has 0 radical (unpaired) electrons. The molecule has 7 nitrogen and oxygen atoms in total. The van der Waals surface area contributed by atoms with Gasteiger partial charge in [0.1, 0.15) is 12.6 Å². The number of aliphatic hydroxyl groups excluding tert-OH is 1. The zero-order valence-corrected chi connectivity index (χ0v) is 21.6. The molecule has 0 aromatic carbocycles. The minimum Gasteiger partial charge on any atom is -0.461 e. The number of hydrogen-bond donors (Lipinski definition) is 1. The molecule has 2 amide bonds. The molecule has 1 spiro atoms. The molecule has 2 fully saturated rings. The van der Waals surface area contributed by atoms with E-state index in [4.69, 9.17) is 4.74 Å². The number of nitrogens with zero attached hydrogens (tertiary/aromatic N) is 2. The van der Waals surface area contributed by atoms with Crippen molar-refractivity contribution in [2.24, 2.45) is 17.8 Å². The summed E-state index contributed by atoms with van der Waals surface area (Å²) >= 11 is 1.55. The summed E-state index contributed by atoms with van der Waals surface area (Å²) in [5.74, 6) is -1.83. The molecule has 0 aliphatic carbocycles. The van der Waals surface area contributed by atoms with Crippen LogP contribution in [-0.4, -0.2) is 80.6 Å². The molecule has 2 saturated heterocycles. The normalized spacial score (nSPS) is 35.7. The fourth-order valence-electron chi connectivity index (χ4n) is 6.31. The lowest BCUT2D eigenvalue weighted by Crippen LogP contribution is -2.57. The van der Waals surface area contributed by atoms with Crippen molar-refractivity contribution in [3.05, 3.63) is 24.3 Å². The van der Waals surface area contributed by atoms with Crippen molar-refractivity contribution in [3.8, 4) is 0 Å². The number of ether oxygens (including phenoxy) is 1. The third-order valence-corrected chi connectivity index (χ3v) is 9.51. The van der Waals surface area contributed by atoms with Gasteiger partial charge in [0, 0.05) is 17.8 Å². The molecule has 0 aromatic rings. The van der Waals surface area contributed by atoms with E-state index in [1.165, 1.54) is 0 Å². The quantitative estimate of drug-likeness (QED) is 0.320. The largest absolute Gasteiger partial charge is 0.461 e. The Morgan fingerprint density at radius 1 is 1.15 bits per heavy atom. The molecule has 0 aromatic heterocycles. The van der Waals surface area contributed by atoms with Gasteiger partial charge in [-0.15, -0.1) is 11.8 Å². The Morgan fingerprint density at radius 2 is 1.91 bits per heavy atom. The zero-order chi connectivity index (χ0) is 24.7. The standard InChI is InChI=1S/C26H38N2O5S/c1-5-6-7-12-27-13-8-11-26-19(20-24(32)33-14-9-10-25(20,4)34-26)22(30)28(21(26)23(27)31)18(16-29)15-17(2)3/h8-11,17-21,29H,5-7,12-16H2,1-4H3/t18-,19+,20+,21?,25-,26+/m1/s1. The molecule has 1 N–H and O–H groups in total. The molecule has 6 atom stereocenters. The molecule has 34 heavy (non-hydrogen) atoms. The van der Waals surface area contributed by atoms with Crippen LogP contribution in [0.2, 0.25) is 0 Å². The van der Waals surface area contributed by atoms with Crippen molar-refractivity contribution >= 4 is 29.5 Å². The van der Waals surface area contributed by atoms with Crippen molar-refractivity contribution in [1.29, 1.82) is 0 Å². The van der Waals surface area contributed by atoms with Crippen LogP contribution in [0.15, 0.2) is 24.3 Å². The van der Waals surface area contributed by atoms with E-state index in [2.05, 4.69) is 6.92 Å². The van der Waals surface area contributed by atoms with Gasteiger partial charge in [-0.1, -0.05) is 51.8 Å². The summed E-state index contributed by atoms with van der Waals surface area (Å²) in [6, 6.07) is -1.23. The van der Waals surface area contributed by atoms with Gasteiger partial charge in [0.2, 0.25) is 11.8 Å². The number of rotatable bonds is 8. The summed E-state index contributed by atoms with van der Waals surface area (Å²) in [6.45, 7) is 9.31. The van der Waals surface area contributed by atoms with Gasteiger partial charge in [0.15, 0.2) is 0 Å². The van der Waals surface area contributed by atoms with Gasteiger partial charge in [-0.2, -0.15) is 0 Å². The molecule has 1 unspecified atom stereocenters. The molecule has 4 heterocycles. The first-order chi connectivity index (χ1) is 16.2. The van der Waals surface area contributed by atoms with E-state index >= 15 is 0 Å². The van der Waals surface area contributed by atoms with E-state index < -0.39 is 33.4 Å². The second-order valence-corrected chi connectivity index (χ2v) is 12.4. The van der Waals surface area contributed by atoms with Crippen LogP contribution in [0.25, 0.3) is 0 Å². The fraction of sp³-hybridized carbons (Fsp3) is 0.731. The molecular formula is C26H38N2O5S. The topological polar surface area (TPSA) is 87.2 Å². The molecule has 4 rings (SSSR count). The van der Waals surface area contributed by atoms with Gasteiger partial charge in [-0.25, -0.2) is 0 Å². The number of carbonyl (C=O) groups excluding carboxylic acids is 3. The Balaban J connectivity index is 1.82. The Kier molecular flexibility index (Phi) is 7.21. The lowest BCUT2D eigenvalue weighted by atomic mass is 9.75. The van der Waals surface area contributed by atoms with Crippen LogP contribution in [0.5, 0.6) is 0 Å². The summed E-state index contributed by atoms with van der Waals surface area (Å²) in [5, 5.41) is 10.3. The maximum atomic E-state index is 14.2. The Bertz CT molecular complexity index is 888. The Morgan fingerprint density at radius 3 is 2.59 bits per heavy atom. The van der Waals surface area contributed by atoms with E-state index in [1.807, 2.05) is 50.0 Å². The summed E-state index contributed by atoms with van der Waals surface area (Å²) in [6.07, 6.45) is 11.4. The van der Waals surface area contributed by atoms with Crippen LogP contribution >= 0.6 is 11.8 Å². The summed E-state index contributed by atoms with van der Waals surface area (Å²) in [4.78, 5) is 45.0. The molecule has 8 heteroatoms. The van der Waals surface area contributed by atoms with Crippen molar-refractivity contribution in [3.63, 3.8) is 0 Å². The first kappa shape index (κ1) is 25.3. The number of unbranched alkanes of at least 4 members (excludes halogenated alkanes) is 2. The number of thioether (sulfide) groups is 1. The van der Waals surface area contributed by atoms with Gasteiger partial charge in [-0.3, -0.25) is 14.4 Å². The minimum atomic E-state index is -0.877. The highest BCUT2D eigenvalue weighted by molar-refractivity contribution is 8.02. The Labute approximate surface area is 206 Å². The Hall–Kier alpha value is -1.80. The number of esters is 1. The third kappa shape index (κ3) is 4.00. The second kappa shape index (κ2) is 9.69. The van der Waals surface area contributed by atoms with Crippen molar-refractivity contribution in [2.75, 3.05) is 26.3 Å². The monoisotopic (exact) mass is 490 g/mol. The van der Waals surface area contributed by atoms with Crippen molar-refractivity contribution < 1.29 is 24.2 Å². The average Bonchev–Trinajstić information content (AvgIpc) is 3.05. The highest BCUT2D eigenvalue weighted by Crippen LogP contribution is 2.65. The van der Waals surface area contributed by atoms with Gasteiger partial charge in [0.25, 0.3) is 0 Å². The maximum Gasteiger partial charge on any atom is 0.311 e. The number of aliphatic hydroxyl groups is 1. The maximum absolute atomic E-state index is 14.2. The van der Waals surface area contributed by atoms with Gasteiger partial charge in [-0.05, 0) is 31.8 Å². The van der Waals surface area contributed by atoms with Crippen LogP contribution in [-0.2, 0) is 19.1 Å². The van der Waals surface area contributed by atoms with E-state index in [0.29, 0.717) is 19.5 Å². The van der Waals surface area contributed by atoms with Crippen LogP contribution < -0.4 is 0 Å². The van der Waals surface area contributed by atoms with E-state index in [1.54, 1.807) is 16.7 Å². The first-order valence-corrected chi connectivity index (χ1v) is 13.5.